The van der Waals surface area contributed by atoms with Crippen LogP contribution in [0.2, 0.25) is 10.0 Å². The molecule has 1 aliphatic heterocycles. The van der Waals surface area contributed by atoms with E-state index in [-0.39, 0.29) is 32.1 Å². The molecule has 0 saturated heterocycles. The first kappa shape index (κ1) is 27.3. The van der Waals surface area contributed by atoms with Crippen LogP contribution in [-0.2, 0) is 19.1 Å². The van der Waals surface area contributed by atoms with Gasteiger partial charge < -0.3 is 20.1 Å². The summed E-state index contributed by atoms with van der Waals surface area (Å²) in [5.74, 6) is -4.78. The molecule has 0 aliphatic carbocycles. The lowest BCUT2D eigenvalue weighted by molar-refractivity contribution is -0.150. The first-order valence-electron chi connectivity index (χ1n) is 10.5. The number of halogens is 3. The van der Waals surface area contributed by atoms with Crippen LogP contribution in [0.1, 0.15) is 18.4 Å². The number of carbonyl (C=O) groups excluding carboxylic acids is 3. The van der Waals surface area contributed by atoms with E-state index in [0.717, 1.165) is 24.9 Å². The Kier molecular flexibility index (Phi) is 9.20. The van der Waals surface area contributed by atoms with Crippen molar-refractivity contribution in [1.29, 1.82) is 5.26 Å². The van der Waals surface area contributed by atoms with Gasteiger partial charge in [0.2, 0.25) is 11.8 Å². The number of nitrogens with zero attached hydrogens (tertiary/aromatic N) is 1. The molecule has 0 bridgehead atoms. The zero-order valence-corrected chi connectivity index (χ0v) is 21.4. The molecule has 36 heavy (non-hydrogen) atoms. The van der Waals surface area contributed by atoms with E-state index in [1.165, 1.54) is 18.2 Å². The van der Waals surface area contributed by atoms with Gasteiger partial charge >= 0.3 is 5.97 Å². The number of hydrogen-bond acceptors (Lipinski definition) is 7. The second-order valence-electron chi connectivity index (χ2n) is 7.41. The highest BCUT2D eigenvalue weighted by Gasteiger charge is 2.44. The third-order valence-electron chi connectivity index (χ3n) is 5.15. The maximum absolute atomic E-state index is 13.3. The van der Waals surface area contributed by atoms with E-state index in [4.69, 9.17) is 32.7 Å². The molecule has 3 rings (SSSR count). The Hall–Kier alpha value is -3.26. The molecule has 0 radical (unpaired) electrons. The van der Waals surface area contributed by atoms with E-state index < -0.39 is 35.4 Å². The molecule has 2 aromatic rings. The highest BCUT2D eigenvalue weighted by Crippen LogP contribution is 2.42. The minimum atomic E-state index is -1.35. The lowest BCUT2D eigenvalue weighted by Crippen LogP contribution is -2.44. The molecule has 0 unspecified atom stereocenters. The number of nitriles is 1. The maximum atomic E-state index is 13.3. The number of ether oxygens (including phenoxy) is 2. The zero-order chi connectivity index (χ0) is 26.4. The van der Waals surface area contributed by atoms with Crippen molar-refractivity contribution >= 4 is 58.4 Å². The Bertz CT molecular complexity index is 1280. The number of thioether (sulfide) groups is 1. The van der Waals surface area contributed by atoms with Crippen LogP contribution in [0.3, 0.4) is 0 Å². The zero-order valence-electron chi connectivity index (χ0n) is 19.1. The minimum absolute atomic E-state index is 0.0628. The molecule has 2 atom stereocenters. The molecule has 0 saturated carbocycles. The molecule has 2 amide bonds. The smallest absolute Gasteiger partial charge is 0.319 e. The second kappa shape index (κ2) is 12.1. The van der Waals surface area contributed by atoms with Crippen LogP contribution < -0.4 is 15.4 Å². The Labute approximate surface area is 220 Å². The highest BCUT2D eigenvalue weighted by atomic mass is 35.5. The Morgan fingerprint density at radius 3 is 2.58 bits per heavy atom. The van der Waals surface area contributed by atoms with Gasteiger partial charge in [0, 0.05) is 11.6 Å². The van der Waals surface area contributed by atoms with Crippen LogP contribution in [0.5, 0.6) is 5.75 Å². The molecular weight excluding hydrogens is 532 g/mol. The van der Waals surface area contributed by atoms with Crippen molar-refractivity contribution in [3.05, 3.63) is 68.4 Å². The van der Waals surface area contributed by atoms with Gasteiger partial charge in [-0.25, -0.2) is 4.39 Å². The number of hydrogen-bond donors (Lipinski definition) is 2. The van der Waals surface area contributed by atoms with Gasteiger partial charge in [0.1, 0.15) is 17.5 Å². The van der Waals surface area contributed by atoms with Crippen molar-refractivity contribution < 1.29 is 28.2 Å². The van der Waals surface area contributed by atoms with Gasteiger partial charge in [-0.3, -0.25) is 14.4 Å². The van der Waals surface area contributed by atoms with Crippen molar-refractivity contribution in [3.8, 4) is 11.8 Å². The highest BCUT2D eigenvalue weighted by molar-refractivity contribution is 8.03. The number of esters is 1. The number of amides is 2. The molecule has 0 fully saturated rings. The number of anilines is 1. The third-order valence-corrected chi connectivity index (χ3v) is 6.75. The summed E-state index contributed by atoms with van der Waals surface area (Å²) in [7, 11) is 1.14. The fourth-order valence-corrected chi connectivity index (χ4v) is 4.84. The van der Waals surface area contributed by atoms with Gasteiger partial charge in [0.05, 0.1) is 46.2 Å². The predicted octanol–water partition coefficient (Wildman–Crippen LogP) is 4.64. The number of nitrogens with one attached hydrogen (secondary N) is 2. The Morgan fingerprint density at radius 2 is 1.97 bits per heavy atom. The van der Waals surface area contributed by atoms with Crippen LogP contribution in [0.15, 0.2) is 47.0 Å². The topological polar surface area (TPSA) is 118 Å². The minimum Gasteiger partial charge on any atom is -0.492 e. The lowest BCUT2D eigenvalue weighted by Gasteiger charge is -2.31. The van der Waals surface area contributed by atoms with E-state index in [0.29, 0.717) is 17.9 Å². The first-order valence-corrected chi connectivity index (χ1v) is 12.3. The molecule has 188 valence electrons. The summed E-state index contributed by atoms with van der Waals surface area (Å²) >= 11 is 13.0. The molecule has 12 heteroatoms. The monoisotopic (exact) mass is 551 g/mol. The standard InChI is InChI=1S/C24H20Cl2FN3O5S/c1-3-35-18-7-4-12(8-16(18)26)20-14(10-28)23(30-22(32)21(20)24(33)34-2)36-11-19(31)29-13-5-6-17(27)15(25)9-13/h4-9,20-21H,3,11H2,1-2H3,(H,29,31)(H,30,32)/t20-,21-/m0/s1. The summed E-state index contributed by atoms with van der Waals surface area (Å²) in [4.78, 5) is 37.9. The largest absolute Gasteiger partial charge is 0.492 e. The van der Waals surface area contributed by atoms with Crippen LogP contribution in [0, 0.1) is 23.1 Å². The first-order chi connectivity index (χ1) is 17.2. The molecule has 1 heterocycles. The van der Waals surface area contributed by atoms with Crippen LogP contribution >= 0.6 is 35.0 Å². The Morgan fingerprint density at radius 1 is 1.22 bits per heavy atom. The van der Waals surface area contributed by atoms with Gasteiger partial charge in [0.25, 0.3) is 0 Å². The normalized spacial score (nSPS) is 17.2. The molecule has 0 aromatic heterocycles. The van der Waals surface area contributed by atoms with Crippen molar-refractivity contribution in [2.24, 2.45) is 5.92 Å². The number of allylic oxidation sites excluding steroid dienone is 1. The van der Waals surface area contributed by atoms with Crippen molar-refractivity contribution in [2.75, 3.05) is 24.8 Å². The lowest BCUT2D eigenvalue weighted by atomic mass is 9.78. The fourth-order valence-electron chi connectivity index (χ4n) is 3.57. The quantitative estimate of drug-likeness (QED) is 0.362. The van der Waals surface area contributed by atoms with Gasteiger partial charge in [0.15, 0.2) is 0 Å². The van der Waals surface area contributed by atoms with Crippen LogP contribution in [0.4, 0.5) is 10.1 Å². The molecule has 0 spiro atoms. The predicted molar refractivity (Wildman–Crippen MR) is 134 cm³/mol. The average Bonchev–Trinajstić information content (AvgIpc) is 2.85. The molecular formula is C24H20Cl2FN3O5S. The summed E-state index contributed by atoms with van der Waals surface area (Å²) in [5, 5.41) is 15.3. The van der Waals surface area contributed by atoms with E-state index in [9.17, 15) is 24.0 Å². The maximum Gasteiger partial charge on any atom is 0.319 e. The van der Waals surface area contributed by atoms with Gasteiger partial charge in [-0.1, -0.05) is 41.0 Å². The average molecular weight is 552 g/mol. The van der Waals surface area contributed by atoms with Crippen LogP contribution in [0.25, 0.3) is 0 Å². The van der Waals surface area contributed by atoms with E-state index >= 15 is 0 Å². The molecule has 2 aromatic carbocycles. The number of methoxy groups -OCH3 is 1. The summed E-state index contributed by atoms with van der Waals surface area (Å²) in [5.41, 5.74) is 0.767. The van der Waals surface area contributed by atoms with Gasteiger partial charge in [-0.2, -0.15) is 5.26 Å². The Balaban J connectivity index is 1.91. The molecule has 2 N–H and O–H groups in total. The van der Waals surface area contributed by atoms with Crippen molar-refractivity contribution in [3.63, 3.8) is 0 Å². The molecule has 1 aliphatic rings. The third kappa shape index (κ3) is 6.10. The summed E-state index contributed by atoms with van der Waals surface area (Å²) in [6.45, 7) is 2.18. The number of benzene rings is 2. The van der Waals surface area contributed by atoms with E-state index in [2.05, 4.69) is 10.6 Å². The van der Waals surface area contributed by atoms with Crippen molar-refractivity contribution in [2.45, 2.75) is 12.8 Å². The van der Waals surface area contributed by atoms with E-state index in [1.807, 2.05) is 6.07 Å². The van der Waals surface area contributed by atoms with E-state index in [1.54, 1.807) is 19.1 Å². The summed E-state index contributed by atoms with van der Waals surface area (Å²) in [6, 6.07) is 10.5. The molecule has 8 nitrogen and oxygen atoms in total. The number of carbonyl (C=O) groups is 3. The van der Waals surface area contributed by atoms with Crippen molar-refractivity contribution in [1.82, 2.24) is 5.32 Å². The SMILES string of the molecule is CCOc1ccc([C@H]2C(C#N)=C(SCC(=O)Nc3ccc(F)c(Cl)c3)NC(=O)[C@H]2C(=O)OC)cc1Cl. The van der Waals surface area contributed by atoms with Crippen LogP contribution in [-0.4, -0.2) is 37.3 Å². The summed E-state index contributed by atoms with van der Waals surface area (Å²) < 4.78 is 23.6. The van der Waals surface area contributed by atoms with Gasteiger partial charge in [-0.05, 0) is 42.8 Å². The summed E-state index contributed by atoms with van der Waals surface area (Å²) in [6.07, 6.45) is 0. The van der Waals surface area contributed by atoms with Gasteiger partial charge in [-0.15, -0.1) is 0 Å². The fraction of sp³-hybridized carbons (Fsp3) is 0.250. The number of rotatable bonds is 8. The second-order valence-corrected chi connectivity index (χ2v) is 9.21.